The zero-order chi connectivity index (χ0) is 19.1. The zero-order valence-electron chi connectivity index (χ0n) is 16.5. The minimum atomic E-state index is -0.265. The molecule has 0 bridgehead atoms. The fourth-order valence-electron chi connectivity index (χ4n) is 4.10. The predicted octanol–water partition coefficient (Wildman–Crippen LogP) is 7.33. The first kappa shape index (κ1) is 19.4. The molecule has 0 heterocycles. The van der Waals surface area contributed by atoms with Gasteiger partial charge in [-0.1, -0.05) is 62.0 Å². The number of halogens is 1. The molecule has 1 heteroatoms. The molecule has 2 aromatic carbocycles. The number of hydrogen-bond acceptors (Lipinski definition) is 0. The van der Waals surface area contributed by atoms with Crippen LogP contribution in [0.1, 0.15) is 80.5 Å². The summed E-state index contributed by atoms with van der Waals surface area (Å²) in [6, 6.07) is 13.7. The lowest BCUT2D eigenvalue weighted by Gasteiger charge is -2.28. The van der Waals surface area contributed by atoms with E-state index in [0.717, 1.165) is 17.0 Å². The standard InChI is InChI=1S/C26H29F/c1-3-5-20-7-13-23(14-8-20)24-15-9-21(10-16-24)11-17-25-18-12-22(6-4-2)19-26(25)27/h4,6,9-10,12,15-16,18-20,23H,3,5,7-8,13-14H2,1-2H3/b6-4+. The van der Waals surface area contributed by atoms with Crippen molar-refractivity contribution in [2.45, 2.75) is 58.3 Å². The van der Waals surface area contributed by atoms with E-state index in [4.69, 9.17) is 0 Å². The molecule has 0 atom stereocenters. The van der Waals surface area contributed by atoms with Gasteiger partial charge in [-0.3, -0.25) is 0 Å². The molecule has 3 rings (SSSR count). The summed E-state index contributed by atoms with van der Waals surface area (Å²) in [4.78, 5) is 0. The van der Waals surface area contributed by atoms with Crippen LogP contribution in [0.2, 0.25) is 0 Å². The van der Waals surface area contributed by atoms with E-state index in [2.05, 4.69) is 43.0 Å². The lowest BCUT2D eigenvalue weighted by atomic mass is 9.77. The second-order valence-corrected chi connectivity index (χ2v) is 7.62. The summed E-state index contributed by atoms with van der Waals surface area (Å²) >= 11 is 0. The largest absolute Gasteiger partial charge is 0.206 e. The van der Waals surface area contributed by atoms with Crippen LogP contribution >= 0.6 is 0 Å². The number of rotatable bonds is 4. The van der Waals surface area contributed by atoms with Crippen LogP contribution in [0.4, 0.5) is 4.39 Å². The molecule has 0 radical (unpaired) electrons. The Morgan fingerprint density at radius 3 is 2.37 bits per heavy atom. The van der Waals surface area contributed by atoms with Crippen molar-refractivity contribution in [2.75, 3.05) is 0 Å². The monoisotopic (exact) mass is 360 g/mol. The van der Waals surface area contributed by atoms with Crippen molar-refractivity contribution in [3.05, 3.63) is 76.6 Å². The van der Waals surface area contributed by atoms with Crippen molar-refractivity contribution in [1.29, 1.82) is 0 Å². The van der Waals surface area contributed by atoms with Crippen molar-refractivity contribution in [3.8, 4) is 11.8 Å². The summed E-state index contributed by atoms with van der Waals surface area (Å²) in [5, 5.41) is 0. The predicted molar refractivity (Wildman–Crippen MR) is 113 cm³/mol. The van der Waals surface area contributed by atoms with Crippen LogP contribution in [0.25, 0.3) is 6.08 Å². The van der Waals surface area contributed by atoms with E-state index in [-0.39, 0.29) is 5.82 Å². The lowest BCUT2D eigenvalue weighted by Crippen LogP contribution is -2.13. The van der Waals surface area contributed by atoms with Crippen LogP contribution in [0.5, 0.6) is 0 Å². The van der Waals surface area contributed by atoms with Gasteiger partial charge < -0.3 is 0 Å². The Morgan fingerprint density at radius 1 is 1.00 bits per heavy atom. The maximum absolute atomic E-state index is 14.1. The third-order valence-electron chi connectivity index (χ3n) is 5.62. The minimum Gasteiger partial charge on any atom is -0.206 e. The average Bonchev–Trinajstić information content (AvgIpc) is 2.69. The van der Waals surface area contributed by atoms with Crippen molar-refractivity contribution in [3.63, 3.8) is 0 Å². The first-order valence-electron chi connectivity index (χ1n) is 10.2. The highest BCUT2D eigenvalue weighted by Gasteiger charge is 2.21. The topological polar surface area (TPSA) is 0 Å². The van der Waals surface area contributed by atoms with Gasteiger partial charge >= 0.3 is 0 Å². The van der Waals surface area contributed by atoms with Crippen LogP contribution in [0.15, 0.2) is 48.5 Å². The summed E-state index contributed by atoms with van der Waals surface area (Å²) in [5.41, 5.74) is 3.67. The molecule has 0 unspecified atom stereocenters. The van der Waals surface area contributed by atoms with E-state index >= 15 is 0 Å². The average molecular weight is 361 g/mol. The zero-order valence-corrected chi connectivity index (χ0v) is 16.5. The smallest absolute Gasteiger partial charge is 0.139 e. The van der Waals surface area contributed by atoms with Gasteiger partial charge in [-0.25, -0.2) is 4.39 Å². The first-order valence-corrected chi connectivity index (χ1v) is 10.2. The summed E-state index contributed by atoms with van der Waals surface area (Å²) in [6.07, 6.45) is 11.8. The fourth-order valence-corrected chi connectivity index (χ4v) is 4.10. The maximum atomic E-state index is 14.1. The molecule has 1 aliphatic rings. The molecule has 0 aromatic heterocycles. The summed E-state index contributed by atoms with van der Waals surface area (Å²) in [7, 11) is 0. The van der Waals surface area contributed by atoms with Crippen LogP contribution in [0, 0.1) is 23.6 Å². The molecular weight excluding hydrogens is 331 g/mol. The number of allylic oxidation sites excluding steroid dienone is 1. The van der Waals surface area contributed by atoms with Gasteiger partial charge in [0.1, 0.15) is 5.82 Å². The maximum Gasteiger partial charge on any atom is 0.139 e. The highest BCUT2D eigenvalue weighted by Crippen LogP contribution is 2.37. The van der Waals surface area contributed by atoms with Gasteiger partial charge in [0.2, 0.25) is 0 Å². The Hall–Kier alpha value is -2.33. The van der Waals surface area contributed by atoms with E-state index in [0.29, 0.717) is 11.5 Å². The third kappa shape index (κ3) is 5.33. The Bertz CT molecular complexity index is 825. The summed E-state index contributed by atoms with van der Waals surface area (Å²) in [5.74, 6) is 7.43. The second-order valence-electron chi connectivity index (χ2n) is 7.62. The van der Waals surface area contributed by atoms with Crippen molar-refractivity contribution in [1.82, 2.24) is 0 Å². The highest BCUT2D eigenvalue weighted by atomic mass is 19.1. The lowest BCUT2D eigenvalue weighted by molar-refractivity contribution is 0.308. The molecule has 0 nitrogen and oxygen atoms in total. The van der Waals surface area contributed by atoms with Gasteiger partial charge in [0.15, 0.2) is 0 Å². The molecule has 1 aliphatic carbocycles. The SMILES string of the molecule is C/C=C/c1ccc(C#Cc2ccc(C3CCC(CCC)CC3)cc2)c(F)c1. The number of benzene rings is 2. The molecule has 1 saturated carbocycles. The van der Waals surface area contributed by atoms with Crippen LogP contribution in [-0.2, 0) is 0 Å². The highest BCUT2D eigenvalue weighted by molar-refractivity contribution is 5.52. The van der Waals surface area contributed by atoms with Gasteiger partial charge in [0.25, 0.3) is 0 Å². The quantitative estimate of drug-likeness (QED) is 0.501. The van der Waals surface area contributed by atoms with Gasteiger partial charge in [-0.05, 0) is 79.8 Å². The minimum absolute atomic E-state index is 0.265. The van der Waals surface area contributed by atoms with Crippen LogP contribution in [-0.4, -0.2) is 0 Å². The van der Waals surface area contributed by atoms with Gasteiger partial charge in [-0.15, -0.1) is 0 Å². The molecule has 0 aliphatic heterocycles. The van der Waals surface area contributed by atoms with Crippen LogP contribution < -0.4 is 0 Å². The molecule has 1 fully saturated rings. The second kappa shape index (κ2) is 9.56. The van der Waals surface area contributed by atoms with E-state index in [9.17, 15) is 4.39 Å². The summed E-state index contributed by atoms with van der Waals surface area (Å²) in [6.45, 7) is 4.21. The van der Waals surface area contributed by atoms with Gasteiger partial charge in [-0.2, -0.15) is 0 Å². The molecule has 27 heavy (non-hydrogen) atoms. The van der Waals surface area contributed by atoms with E-state index in [1.165, 1.54) is 50.2 Å². The Kier molecular flexibility index (Phi) is 6.88. The van der Waals surface area contributed by atoms with E-state index in [1.54, 1.807) is 6.07 Å². The number of hydrogen-bond donors (Lipinski definition) is 0. The molecule has 0 N–H and O–H groups in total. The molecular formula is C26H29F. The Balaban J connectivity index is 1.64. The van der Waals surface area contributed by atoms with Crippen molar-refractivity contribution in [2.24, 2.45) is 5.92 Å². The molecule has 0 spiro atoms. The van der Waals surface area contributed by atoms with E-state index < -0.39 is 0 Å². The Labute approximate surface area is 163 Å². The van der Waals surface area contributed by atoms with Crippen molar-refractivity contribution < 1.29 is 4.39 Å². The molecule has 0 amide bonds. The van der Waals surface area contributed by atoms with Gasteiger partial charge in [0, 0.05) is 5.56 Å². The van der Waals surface area contributed by atoms with Crippen molar-refractivity contribution >= 4 is 6.08 Å². The van der Waals surface area contributed by atoms with Gasteiger partial charge in [0.05, 0.1) is 5.56 Å². The fraction of sp³-hybridized carbons (Fsp3) is 0.385. The molecule has 2 aromatic rings. The third-order valence-corrected chi connectivity index (χ3v) is 5.62. The molecule has 0 saturated heterocycles. The normalized spacial score (nSPS) is 19.7. The van der Waals surface area contributed by atoms with Crippen LogP contribution in [0.3, 0.4) is 0 Å². The first-order chi connectivity index (χ1) is 13.2. The Morgan fingerprint density at radius 2 is 1.74 bits per heavy atom. The molecule has 140 valence electrons. The van der Waals surface area contributed by atoms with E-state index in [1.807, 2.05) is 25.1 Å². The summed E-state index contributed by atoms with van der Waals surface area (Å²) < 4.78 is 14.1.